The summed E-state index contributed by atoms with van der Waals surface area (Å²) >= 11 is 0. The third-order valence-corrected chi connectivity index (χ3v) is 6.63. The van der Waals surface area contributed by atoms with Crippen LogP contribution < -0.4 is 4.74 Å². The van der Waals surface area contributed by atoms with Crippen LogP contribution in [-0.4, -0.2) is 56.0 Å². The van der Waals surface area contributed by atoms with Crippen molar-refractivity contribution in [1.82, 2.24) is 4.90 Å². The van der Waals surface area contributed by atoms with Crippen molar-refractivity contribution in [2.75, 3.05) is 40.0 Å². The summed E-state index contributed by atoms with van der Waals surface area (Å²) in [7, 11) is 1.63. The largest absolute Gasteiger partial charge is 0.507 e. The van der Waals surface area contributed by atoms with Crippen LogP contribution in [0.15, 0.2) is 52.9 Å². The molecule has 2 heterocycles. The van der Waals surface area contributed by atoms with Crippen LogP contribution >= 0.6 is 0 Å². The fourth-order valence-corrected chi connectivity index (χ4v) is 5.04. The number of esters is 1. The first-order chi connectivity index (χ1) is 17.0. The second-order valence-corrected chi connectivity index (χ2v) is 8.59. The van der Waals surface area contributed by atoms with Gasteiger partial charge in [0, 0.05) is 34.8 Å². The number of furan rings is 1. The molecule has 4 aromatic rings. The zero-order valence-electron chi connectivity index (χ0n) is 20.2. The molecule has 1 unspecified atom stereocenters. The number of phenolic OH excluding ortho intramolecular Hbond substituents is 1. The lowest BCUT2D eigenvalue weighted by Crippen LogP contribution is -2.39. The van der Waals surface area contributed by atoms with Crippen LogP contribution in [0.5, 0.6) is 11.5 Å². The molecule has 1 saturated heterocycles. The van der Waals surface area contributed by atoms with Crippen molar-refractivity contribution >= 4 is 27.7 Å². The number of morpholine rings is 1. The fraction of sp³-hybridized carbons (Fsp3) is 0.321. The van der Waals surface area contributed by atoms with Crippen LogP contribution in [0.4, 0.5) is 0 Å². The summed E-state index contributed by atoms with van der Waals surface area (Å²) in [5, 5.41) is 13.8. The lowest BCUT2D eigenvalue weighted by atomic mass is 9.88. The van der Waals surface area contributed by atoms with Gasteiger partial charge in [-0.3, -0.25) is 4.90 Å². The maximum atomic E-state index is 13.1. The van der Waals surface area contributed by atoms with Gasteiger partial charge in [0.25, 0.3) is 0 Å². The molecular weight excluding hydrogens is 446 g/mol. The monoisotopic (exact) mass is 475 g/mol. The van der Waals surface area contributed by atoms with Crippen molar-refractivity contribution in [1.29, 1.82) is 0 Å². The Hall–Kier alpha value is -3.55. The number of benzene rings is 3. The SMILES string of the molecule is CCOC(=O)c1c(C)oc2c1c(C(c1ccc(OC)cc1)N1CCOCC1)c(O)c1ccccc12. The number of fused-ring (bicyclic) bond motifs is 3. The van der Waals surface area contributed by atoms with E-state index in [1.165, 1.54) is 0 Å². The van der Waals surface area contributed by atoms with E-state index >= 15 is 0 Å². The smallest absolute Gasteiger partial charge is 0.342 e. The van der Waals surface area contributed by atoms with Gasteiger partial charge >= 0.3 is 5.97 Å². The van der Waals surface area contributed by atoms with Gasteiger partial charge in [0.1, 0.15) is 28.4 Å². The number of phenols is 1. The zero-order chi connectivity index (χ0) is 24.5. The lowest BCUT2D eigenvalue weighted by Gasteiger charge is -2.36. The van der Waals surface area contributed by atoms with Gasteiger partial charge in [0.2, 0.25) is 0 Å². The van der Waals surface area contributed by atoms with Gasteiger partial charge in [0.15, 0.2) is 0 Å². The molecule has 0 saturated carbocycles. The van der Waals surface area contributed by atoms with Gasteiger partial charge < -0.3 is 23.7 Å². The van der Waals surface area contributed by atoms with Crippen LogP contribution in [0.2, 0.25) is 0 Å². The van der Waals surface area contributed by atoms with Gasteiger partial charge in [0.05, 0.1) is 33.0 Å². The Bertz CT molecular complexity index is 1370. The summed E-state index contributed by atoms with van der Waals surface area (Å²) in [5.74, 6) is 0.876. The molecule has 0 amide bonds. The molecule has 182 valence electrons. The third kappa shape index (κ3) is 4.00. The predicted molar refractivity (Wildman–Crippen MR) is 133 cm³/mol. The highest BCUT2D eigenvalue weighted by Crippen LogP contribution is 2.47. The minimum atomic E-state index is -0.463. The molecule has 1 aromatic heterocycles. The number of aromatic hydroxyl groups is 1. The maximum absolute atomic E-state index is 13.1. The molecule has 1 aliphatic heterocycles. The molecule has 35 heavy (non-hydrogen) atoms. The highest BCUT2D eigenvalue weighted by atomic mass is 16.5. The van der Waals surface area contributed by atoms with Crippen LogP contribution in [0, 0.1) is 6.92 Å². The van der Waals surface area contributed by atoms with Crippen molar-refractivity contribution < 1.29 is 28.5 Å². The van der Waals surface area contributed by atoms with E-state index in [1.54, 1.807) is 21.0 Å². The van der Waals surface area contributed by atoms with E-state index in [9.17, 15) is 9.90 Å². The number of carbonyl (C=O) groups excluding carboxylic acids is 1. The Morgan fingerprint density at radius 2 is 1.77 bits per heavy atom. The highest BCUT2D eigenvalue weighted by Gasteiger charge is 2.34. The topological polar surface area (TPSA) is 81.4 Å². The summed E-state index contributed by atoms with van der Waals surface area (Å²) in [6.07, 6.45) is 0. The van der Waals surface area contributed by atoms with E-state index in [0.29, 0.717) is 59.5 Å². The Kier molecular flexibility index (Phi) is 6.36. The molecule has 0 radical (unpaired) electrons. The first-order valence-corrected chi connectivity index (χ1v) is 11.8. The average molecular weight is 476 g/mol. The molecule has 1 fully saturated rings. The standard InChI is InChI=1S/C28H29NO6/c1-4-34-28(31)22-17(2)35-27-21-8-6-5-7-20(21)26(30)24(23(22)27)25(29-13-15-33-16-14-29)18-9-11-19(32-3)12-10-18/h5-12,25,30H,4,13-16H2,1-3H3. The first kappa shape index (κ1) is 23.2. The molecule has 7 heteroatoms. The number of nitrogens with zero attached hydrogens (tertiary/aromatic N) is 1. The van der Waals surface area contributed by atoms with E-state index in [0.717, 1.165) is 16.7 Å². The molecule has 5 rings (SSSR count). The summed E-state index contributed by atoms with van der Waals surface area (Å²) in [6, 6.07) is 15.0. The Labute approximate surface area is 203 Å². The van der Waals surface area contributed by atoms with Crippen molar-refractivity contribution in [2.24, 2.45) is 0 Å². The number of ether oxygens (including phenoxy) is 3. The van der Waals surface area contributed by atoms with Crippen molar-refractivity contribution in [2.45, 2.75) is 19.9 Å². The average Bonchev–Trinajstić information content (AvgIpc) is 3.24. The van der Waals surface area contributed by atoms with E-state index < -0.39 is 5.97 Å². The summed E-state index contributed by atoms with van der Waals surface area (Å²) < 4.78 is 22.6. The molecule has 1 N–H and O–H groups in total. The van der Waals surface area contributed by atoms with Crippen LogP contribution in [0.25, 0.3) is 21.7 Å². The van der Waals surface area contributed by atoms with Gasteiger partial charge in [-0.05, 0) is 31.5 Å². The minimum Gasteiger partial charge on any atom is -0.507 e. The van der Waals surface area contributed by atoms with E-state index in [1.807, 2.05) is 48.5 Å². The number of aryl methyl sites for hydroxylation is 1. The maximum Gasteiger partial charge on any atom is 0.342 e. The summed E-state index contributed by atoms with van der Waals surface area (Å²) in [4.78, 5) is 15.4. The fourth-order valence-electron chi connectivity index (χ4n) is 5.04. The second-order valence-electron chi connectivity index (χ2n) is 8.59. The van der Waals surface area contributed by atoms with Crippen LogP contribution in [0.1, 0.15) is 40.2 Å². The molecule has 1 aliphatic rings. The molecule has 3 aromatic carbocycles. The quantitative estimate of drug-likeness (QED) is 0.384. The normalized spacial score (nSPS) is 15.4. The van der Waals surface area contributed by atoms with Crippen molar-refractivity contribution in [3.63, 3.8) is 0 Å². The van der Waals surface area contributed by atoms with Gasteiger partial charge in [-0.25, -0.2) is 4.79 Å². The van der Waals surface area contributed by atoms with Crippen LogP contribution in [-0.2, 0) is 9.47 Å². The molecule has 7 nitrogen and oxygen atoms in total. The first-order valence-electron chi connectivity index (χ1n) is 11.8. The van der Waals surface area contributed by atoms with E-state index in [-0.39, 0.29) is 18.4 Å². The van der Waals surface area contributed by atoms with Gasteiger partial charge in [-0.15, -0.1) is 0 Å². The summed E-state index contributed by atoms with van der Waals surface area (Å²) in [6.45, 7) is 6.30. The van der Waals surface area contributed by atoms with E-state index in [2.05, 4.69) is 4.90 Å². The molecule has 0 aliphatic carbocycles. The lowest BCUT2D eigenvalue weighted by molar-refractivity contribution is 0.0238. The number of rotatable bonds is 6. The Morgan fingerprint density at radius 3 is 2.43 bits per heavy atom. The predicted octanol–water partition coefficient (Wildman–Crippen LogP) is 5.21. The molecule has 1 atom stereocenters. The third-order valence-electron chi connectivity index (χ3n) is 6.63. The molecular formula is C28H29NO6. The molecule has 0 bridgehead atoms. The highest BCUT2D eigenvalue weighted by molar-refractivity contribution is 6.16. The summed E-state index contributed by atoms with van der Waals surface area (Å²) in [5.41, 5.74) is 2.52. The van der Waals surface area contributed by atoms with Gasteiger partial charge in [-0.2, -0.15) is 0 Å². The Balaban J connectivity index is 1.87. The second kappa shape index (κ2) is 9.60. The number of hydrogen-bond acceptors (Lipinski definition) is 7. The molecule has 0 spiro atoms. The Morgan fingerprint density at radius 1 is 1.09 bits per heavy atom. The van der Waals surface area contributed by atoms with Crippen molar-refractivity contribution in [3.8, 4) is 11.5 Å². The van der Waals surface area contributed by atoms with Crippen molar-refractivity contribution in [3.05, 3.63) is 71.0 Å². The number of carbonyl (C=O) groups is 1. The zero-order valence-corrected chi connectivity index (χ0v) is 20.2. The minimum absolute atomic E-state index is 0.131. The number of hydrogen-bond donors (Lipinski definition) is 1. The van der Waals surface area contributed by atoms with E-state index in [4.69, 9.17) is 18.6 Å². The van der Waals surface area contributed by atoms with Gasteiger partial charge in [-0.1, -0.05) is 36.4 Å². The van der Waals surface area contributed by atoms with Crippen LogP contribution in [0.3, 0.4) is 0 Å². The number of methoxy groups -OCH3 is 1.